The Balaban J connectivity index is 1.69. The number of aromatic nitrogens is 2. The second-order valence-electron chi connectivity index (χ2n) is 6.15. The van der Waals surface area contributed by atoms with Crippen molar-refractivity contribution < 1.29 is 14.3 Å². The van der Waals surface area contributed by atoms with Gasteiger partial charge in [-0.3, -0.25) is 4.79 Å². The summed E-state index contributed by atoms with van der Waals surface area (Å²) in [6, 6.07) is 16.2. The summed E-state index contributed by atoms with van der Waals surface area (Å²) in [5.74, 6) is 1.31. The minimum absolute atomic E-state index is 0.123. The number of hydrogen-bond acceptors (Lipinski definition) is 6. The van der Waals surface area contributed by atoms with Crippen LogP contribution in [0.15, 0.2) is 67.0 Å². The number of pyridine rings is 2. The first-order chi connectivity index (χ1) is 13.7. The Morgan fingerprint density at radius 1 is 1.04 bits per heavy atom. The zero-order chi connectivity index (χ0) is 19.8. The normalized spacial score (nSPS) is 11.5. The second kappa shape index (κ2) is 9.48. The first kappa shape index (κ1) is 19.3. The van der Waals surface area contributed by atoms with Gasteiger partial charge >= 0.3 is 0 Å². The monoisotopic (exact) mass is 378 g/mol. The standard InChI is InChI=1S/C21H22N4O3/c1-15(14-27-2)24-20(26)18-6-5-13-23-21(18)28-17-10-8-16(9-11-17)25-19-7-3-4-12-22-19/h3-13,15H,14H2,1-2H3,(H,22,25)(H,24,26)/t15-/m0/s1. The van der Waals surface area contributed by atoms with E-state index in [2.05, 4.69) is 20.6 Å². The number of rotatable bonds is 8. The molecular formula is C21H22N4O3. The van der Waals surface area contributed by atoms with Crippen molar-refractivity contribution in [2.45, 2.75) is 13.0 Å². The molecule has 0 aliphatic carbocycles. The fourth-order valence-corrected chi connectivity index (χ4v) is 2.54. The van der Waals surface area contributed by atoms with E-state index in [-0.39, 0.29) is 17.8 Å². The van der Waals surface area contributed by atoms with Crippen LogP contribution >= 0.6 is 0 Å². The van der Waals surface area contributed by atoms with Crippen LogP contribution in [0.2, 0.25) is 0 Å². The maximum absolute atomic E-state index is 12.5. The van der Waals surface area contributed by atoms with Gasteiger partial charge in [0.05, 0.1) is 6.61 Å². The van der Waals surface area contributed by atoms with E-state index in [1.54, 1.807) is 43.8 Å². The topological polar surface area (TPSA) is 85.4 Å². The number of nitrogens with zero attached hydrogens (tertiary/aromatic N) is 2. The van der Waals surface area contributed by atoms with Gasteiger partial charge in [-0.2, -0.15) is 0 Å². The zero-order valence-corrected chi connectivity index (χ0v) is 15.8. The number of nitrogens with one attached hydrogen (secondary N) is 2. The van der Waals surface area contributed by atoms with Crippen LogP contribution in [-0.4, -0.2) is 35.6 Å². The number of benzene rings is 1. The molecule has 0 bridgehead atoms. The average Bonchev–Trinajstić information content (AvgIpc) is 2.71. The third kappa shape index (κ3) is 5.28. The zero-order valence-electron chi connectivity index (χ0n) is 15.8. The van der Waals surface area contributed by atoms with Crippen molar-refractivity contribution >= 4 is 17.4 Å². The molecule has 1 amide bonds. The Kier molecular flexibility index (Phi) is 6.54. The molecule has 7 nitrogen and oxygen atoms in total. The van der Waals surface area contributed by atoms with Crippen molar-refractivity contribution in [3.63, 3.8) is 0 Å². The van der Waals surface area contributed by atoms with E-state index in [4.69, 9.17) is 9.47 Å². The van der Waals surface area contributed by atoms with Crippen LogP contribution in [0, 0.1) is 0 Å². The second-order valence-corrected chi connectivity index (χ2v) is 6.15. The number of amides is 1. The van der Waals surface area contributed by atoms with Crippen molar-refractivity contribution in [3.8, 4) is 11.6 Å². The molecule has 2 heterocycles. The van der Waals surface area contributed by atoms with Crippen LogP contribution in [-0.2, 0) is 4.74 Å². The van der Waals surface area contributed by atoms with Gasteiger partial charge < -0.3 is 20.1 Å². The fraction of sp³-hybridized carbons (Fsp3) is 0.190. The van der Waals surface area contributed by atoms with E-state index < -0.39 is 0 Å². The Morgan fingerprint density at radius 2 is 1.82 bits per heavy atom. The summed E-state index contributed by atoms with van der Waals surface area (Å²) in [5.41, 5.74) is 1.24. The number of anilines is 2. The van der Waals surface area contributed by atoms with Gasteiger partial charge in [0.2, 0.25) is 5.88 Å². The summed E-state index contributed by atoms with van der Waals surface area (Å²) in [6.45, 7) is 2.29. The third-order valence-corrected chi connectivity index (χ3v) is 3.82. The lowest BCUT2D eigenvalue weighted by Gasteiger charge is -2.14. The van der Waals surface area contributed by atoms with Gasteiger partial charge in [-0.25, -0.2) is 9.97 Å². The molecule has 7 heteroatoms. The number of ether oxygens (including phenoxy) is 2. The first-order valence-electron chi connectivity index (χ1n) is 8.86. The summed E-state index contributed by atoms with van der Waals surface area (Å²) >= 11 is 0. The van der Waals surface area contributed by atoms with Gasteiger partial charge in [-0.15, -0.1) is 0 Å². The lowest BCUT2D eigenvalue weighted by molar-refractivity contribution is 0.0902. The van der Waals surface area contributed by atoms with Gasteiger partial charge in [0.15, 0.2) is 0 Å². The third-order valence-electron chi connectivity index (χ3n) is 3.82. The molecule has 0 saturated carbocycles. The molecule has 144 valence electrons. The minimum atomic E-state index is -0.263. The van der Waals surface area contributed by atoms with Crippen LogP contribution in [0.25, 0.3) is 0 Å². The smallest absolute Gasteiger partial charge is 0.257 e. The van der Waals surface area contributed by atoms with Crippen LogP contribution < -0.4 is 15.4 Å². The number of carbonyl (C=O) groups excluding carboxylic acids is 1. The van der Waals surface area contributed by atoms with Crippen molar-refractivity contribution in [3.05, 3.63) is 72.6 Å². The highest BCUT2D eigenvalue weighted by Crippen LogP contribution is 2.25. The first-order valence-corrected chi connectivity index (χ1v) is 8.86. The van der Waals surface area contributed by atoms with E-state index in [9.17, 15) is 4.79 Å². The highest BCUT2D eigenvalue weighted by Gasteiger charge is 2.16. The van der Waals surface area contributed by atoms with E-state index in [0.717, 1.165) is 11.5 Å². The van der Waals surface area contributed by atoms with Gasteiger partial charge in [0, 0.05) is 31.2 Å². The fourth-order valence-electron chi connectivity index (χ4n) is 2.54. The van der Waals surface area contributed by atoms with E-state index in [0.29, 0.717) is 17.9 Å². The highest BCUT2D eigenvalue weighted by molar-refractivity contribution is 5.96. The molecule has 3 rings (SSSR count). The molecular weight excluding hydrogens is 356 g/mol. The summed E-state index contributed by atoms with van der Waals surface area (Å²) in [6.07, 6.45) is 3.31. The predicted octanol–water partition coefficient (Wildman–Crippen LogP) is 3.78. The maximum atomic E-state index is 12.5. The summed E-state index contributed by atoms with van der Waals surface area (Å²) < 4.78 is 10.9. The molecule has 0 aliphatic rings. The van der Waals surface area contributed by atoms with Gasteiger partial charge in [0.1, 0.15) is 17.1 Å². The van der Waals surface area contributed by atoms with Gasteiger partial charge in [0.25, 0.3) is 5.91 Å². The quantitative estimate of drug-likeness (QED) is 0.620. The Labute approximate surface area is 163 Å². The molecule has 0 unspecified atom stereocenters. The van der Waals surface area contributed by atoms with Crippen molar-refractivity contribution in [2.24, 2.45) is 0 Å². The minimum Gasteiger partial charge on any atom is -0.438 e. The number of carbonyl (C=O) groups is 1. The molecule has 0 aliphatic heterocycles. The summed E-state index contributed by atoms with van der Waals surface area (Å²) in [7, 11) is 1.59. The van der Waals surface area contributed by atoms with Crippen LogP contribution in [0.5, 0.6) is 11.6 Å². The van der Waals surface area contributed by atoms with Crippen molar-refractivity contribution in [1.29, 1.82) is 0 Å². The van der Waals surface area contributed by atoms with Crippen LogP contribution in [0.3, 0.4) is 0 Å². The molecule has 0 fully saturated rings. The molecule has 1 atom stereocenters. The Morgan fingerprint density at radius 3 is 2.54 bits per heavy atom. The maximum Gasteiger partial charge on any atom is 0.257 e. The predicted molar refractivity (Wildman–Crippen MR) is 107 cm³/mol. The summed E-state index contributed by atoms with van der Waals surface area (Å²) in [4.78, 5) is 20.9. The molecule has 1 aromatic carbocycles. The van der Waals surface area contributed by atoms with Gasteiger partial charge in [-0.1, -0.05) is 6.07 Å². The average molecular weight is 378 g/mol. The van der Waals surface area contributed by atoms with Crippen molar-refractivity contribution in [1.82, 2.24) is 15.3 Å². The Hall–Kier alpha value is -3.45. The molecule has 28 heavy (non-hydrogen) atoms. The van der Waals surface area contributed by atoms with Crippen LogP contribution in [0.1, 0.15) is 17.3 Å². The van der Waals surface area contributed by atoms with E-state index in [1.165, 1.54) is 0 Å². The van der Waals surface area contributed by atoms with Crippen molar-refractivity contribution in [2.75, 3.05) is 19.0 Å². The lowest BCUT2D eigenvalue weighted by atomic mass is 10.2. The molecule has 0 saturated heterocycles. The lowest BCUT2D eigenvalue weighted by Crippen LogP contribution is -2.35. The number of hydrogen-bond donors (Lipinski definition) is 2. The van der Waals surface area contributed by atoms with E-state index in [1.807, 2.05) is 37.3 Å². The highest BCUT2D eigenvalue weighted by atomic mass is 16.5. The van der Waals surface area contributed by atoms with E-state index >= 15 is 0 Å². The SMILES string of the molecule is COC[C@H](C)NC(=O)c1cccnc1Oc1ccc(Nc2ccccn2)cc1. The summed E-state index contributed by atoms with van der Waals surface area (Å²) in [5, 5.41) is 6.06. The molecule has 2 N–H and O–H groups in total. The molecule has 0 radical (unpaired) electrons. The van der Waals surface area contributed by atoms with Crippen LogP contribution in [0.4, 0.5) is 11.5 Å². The Bertz CT molecular complexity index is 901. The molecule has 2 aromatic heterocycles. The molecule has 0 spiro atoms. The number of methoxy groups -OCH3 is 1. The van der Waals surface area contributed by atoms with Gasteiger partial charge in [-0.05, 0) is 55.5 Å². The molecule has 3 aromatic rings. The largest absolute Gasteiger partial charge is 0.438 e.